The van der Waals surface area contributed by atoms with E-state index in [1.165, 1.54) is 32.8 Å². The Morgan fingerprint density at radius 3 is 2.39 bits per heavy atom. The van der Waals surface area contributed by atoms with Gasteiger partial charge in [-0.3, -0.25) is 4.79 Å². The standard InChI is InChI=1S/C21H25ClN4O4S/c1-12-5-4-10-26(12)31(28,29)25-20(27)17-11-30-21(23-17)24-19-15-8-2-6-13(15)18(22)14-7-3-9-16(14)19/h11-12H,2-10H2,1H3,(H,23,24)(H,25,27)/t12-/m1/s1. The maximum Gasteiger partial charge on any atom is 0.304 e. The van der Waals surface area contributed by atoms with Crippen molar-refractivity contribution >= 4 is 39.4 Å². The van der Waals surface area contributed by atoms with Crippen molar-refractivity contribution < 1.29 is 17.6 Å². The van der Waals surface area contributed by atoms with Crippen LogP contribution < -0.4 is 10.0 Å². The molecule has 1 saturated heterocycles. The van der Waals surface area contributed by atoms with Crippen LogP contribution in [0.15, 0.2) is 10.7 Å². The molecular formula is C21H25ClN4O4S. The smallest absolute Gasteiger partial charge is 0.304 e. The SMILES string of the molecule is C[C@@H]1CCCN1S(=O)(=O)NC(=O)c1coc(Nc2c3c(c(Cl)c4c2CCC4)CCC3)n1. The van der Waals surface area contributed by atoms with Crippen molar-refractivity contribution in [3.05, 3.63) is 39.2 Å². The van der Waals surface area contributed by atoms with Gasteiger partial charge in [-0.15, -0.1) is 0 Å². The van der Waals surface area contributed by atoms with Crippen LogP contribution in [0.5, 0.6) is 0 Å². The van der Waals surface area contributed by atoms with E-state index in [1.807, 2.05) is 6.92 Å². The fraction of sp³-hybridized carbons (Fsp3) is 0.524. The number of oxazole rings is 1. The van der Waals surface area contributed by atoms with Crippen LogP contribution in [-0.2, 0) is 35.9 Å². The van der Waals surface area contributed by atoms with Crippen LogP contribution in [-0.4, -0.2) is 36.2 Å². The molecule has 31 heavy (non-hydrogen) atoms. The molecule has 2 aliphatic carbocycles. The minimum absolute atomic E-state index is 0.0832. The average molecular weight is 465 g/mol. The van der Waals surface area contributed by atoms with Gasteiger partial charge >= 0.3 is 10.2 Å². The number of hydrogen-bond acceptors (Lipinski definition) is 6. The fourth-order valence-corrected chi connectivity index (χ4v) is 6.90. The quantitative estimate of drug-likeness (QED) is 0.701. The van der Waals surface area contributed by atoms with Gasteiger partial charge in [0.1, 0.15) is 6.26 Å². The average Bonchev–Trinajstić information content (AvgIpc) is 3.51. The largest absolute Gasteiger partial charge is 0.431 e. The lowest BCUT2D eigenvalue weighted by Gasteiger charge is -2.20. The number of rotatable bonds is 5. The first kappa shape index (κ1) is 20.8. The predicted molar refractivity (Wildman–Crippen MR) is 117 cm³/mol. The van der Waals surface area contributed by atoms with Crippen LogP contribution in [0.1, 0.15) is 65.3 Å². The summed E-state index contributed by atoms with van der Waals surface area (Å²) in [7, 11) is -3.91. The number of hydrogen-bond donors (Lipinski definition) is 2. The van der Waals surface area contributed by atoms with Crippen LogP contribution in [0.4, 0.5) is 11.7 Å². The van der Waals surface area contributed by atoms with Gasteiger partial charge in [0.05, 0.1) is 0 Å². The number of nitrogens with one attached hydrogen (secondary N) is 2. The summed E-state index contributed by atoms with van der Waals surface area (Å²) in [6, 6.07) is 0.0385. The molecule has 3 aliphatic rings. The van der Waals surface area contributed by atoms with Crippen molar-refractivity contribution in [2.75, 3.05) is 11.9 Å². The second-order valence-corrected chi connectivity index (χ2v) is 10.5. The number of aromatic nitrogens is 1. The lowest BCUT2D eigenvalue weighted by Crippen LogP contribution is -2.44. The highest BCUT2D eigenvalue weighted by Gasteiger charge is 2.33. The van der Waals surface area contributed by atoms with Crippen molar-refractivity contribution in [1.82, 2.24) is 14.0 Å². The second-order valence-electron chi connectivity index (χ2n) is 8.51. The molecule has 10 heteroatoms. The van der Waals surface area contributed by atoms with Gasteiger partial charge in [-0.1, -0.05) is 11.6 Å². The van der Waals surface area contributed by atoms with E-state index in [2.05, 4.69) is 15.0 Å². The minimum Gasteiger partial charge on any atom is -0.431 e. The zero-order valence-electron chi connectivity index (χ0n) is 17.3. The summed E-state index contributed by atoms with van der Waals surface area (Å²) in [5.41, 5.74) is 5.68. The number of anilines is 2. The first-order valence-corrected chi connectivity index (χ1v) is 12.6. The number of benzene rings is 1. The maximum atomic E-state index is 12.5. The lowest BCUT2D eigenvalue weighted by atomic mass is 9.98. The van der Waals surface area contributed by atoms with Gasteiger partial charge in [-0.05, 0) is 80.5 Å². The molecule has 166 valence electrons. The summed E-state index contributed by atoms with van der Waals surface area (Å²) < 4.78 is 33.9. The van der Waals surface area contributed by atoms with E-state index in [4.69, 9.17) is 16.0 Å². The van der Waals surface area contributed by atoms with Gasteiger partial charge in [0.15, 0.2) is 5.69 Å². The van der Waals surface area contributed by atoms with Crippen molar-refractivity contribution in [2.24, 2.45) is 0 Å². The zero-order valence-corrected chi connectivity index (χ0v) is 18.9. The van der Waals surface area contributed by atoms with E-state index in [-0.39, 0.29) is 17.8 Å². The molecular weight excluding hydrogens is 440 g/mol. The Balaban J connectivity index is 1.37. The number of amides is 1. The summed E-state index contributed by atoms with van der Waals surface area (Å²) in [5, 5.41) is 4.16. The first-order valence-electron chi connectivity index (χ1n) is 10.8. The van der Waals surface area contributed by atoms with Gasteiger partial charge in [0.25, 0.3) is 11.9 Å². The van der Waals surface area contributed by atoms with Crippen molar-refractivity contribution in [3.8, 4) is 0 Å². The van der Waals surface area contributed by atoms with E-state index in [0.717, 1.165) is 62.1 Å². The third-order valence-electron chi connectivity index (χ3n) is 6.56. The molecule has 0 radical (unpaired) electrons. The highest BCUT2D eigenvalue weighted by atomic mass is 35.5. The molecule has 1 amide bonds. The molecule has 0 bridgehead atoms. The molecule has 2 N–H and O–H groups in total. The molecule has 8 nitrogen and oxygen atoms in total. The number of halogens is 1. The molecule has 0 saturated carbocycles. The minimum atomic E-state index is -3.91. The van der Waals surface area contributed by atoms with Crippen LogP contribution in [0.2, 0.25) is 5.02 Å². The Hall–Kier alpha value is -2.10. The third-order valence-corrected chi connectivity index (χ3v) is 8.62. The Labute approximate surface area is 186 Å². The summed E-state index contributed by atoms with van der Waals surface area (Å²) >= 11 is 6.67. The normalized spacial score (nSPS) is 20.6. The topological polar surface area (TPSA) is 105 Å². The van der Waals surface area contributed by atoms with Gasteiger partial charge in [0.2, 0.25) is 0 Å². The number of fused-ring (bicyclic) bond motifs is 2. The number of carbonyl (C=O) groups is 1. The van der Waals surface area contributed by atoms with Crippen LogP contribution in [0.25, 0.3) is 0 Å². The first-order chi connectivity index (χ1) is 14.8. The molecule has 5 rings (SSSR count). The molecule has 1 fully saturated rings. The van der Waals surface area contributed by atoms with Crippen LogP contribution in [0.3, 0.4) is 0 Å². The second kappa shape index (κ2) is 7.79. The molecule has 1 aromatic heterocycles. The van der Waals surface area contributed by atoms with Gasteiger partial charge < -0.3 is 9.73 Å². The van der Waals surface area contributed by atoms with Crippen molar-refractivity contribution in [1.29, 1.82) is 0 Å². The Morgan fingerprint density at radius 2 is 1.77 bits per heavy atom. The molecule has 0 spiro atoms. The molecule has 0 unspecified atom stereocenters. The highest BCUT2D eigenvalue weighted by Crippen LogP contribution is 2.44. The van der Waals surface area contributed by atoms with Gasteiger partial charge in [-0.2, -0.15) is 17.7 Å². The summed E-state index contributed by atoms with van der Waals surface area (Å²) in [6.07, 6.45) is 8.64. The molecule has 1 atom stereocenters. The molecule has 1 aromatic carbocycles. The van der Waals surface area contributed by atoms with Crippen LogP contribution >= 0.6 is 11.6 Å². The summed E-state index contributed by atoms with van der Waals surface area (Å²) in [5.74, 6) is -0.803. The van der Waals surface area contributed by atoms with Crippen molar-refractivity contribution in [3.63, 3.8) is 0 Å². The van der Waals surface area contributed by atoms with Crippen LogP contribution in [0, 0.1) is 0 Å². The van der Waals surface area contributed by atoms with Gasteiger partial charge in [-0.25, -0.2) is 4.72 Å². The monoisotopic (exact) mass is 464 g/mol. The Kier molecular flexibility index (Phi) is 5.22. The zero-order chi connectivity index (χ0) is 21.8. The summed E-state index contributed by atoms with van der Waals surface area (Å²) in [6.45, 7) is 2.24. The third kappa shape index (κ3) is 3.62. The summed E-state index contributed by atoms with van der Waals surface area (Å²) in [4.78, 5) is 16.7. The lowest BCUT2D eigenvalue weighted by molar-refractivity contribution is 0.0974. The van der Waals surface area contributed by atoms with E-state index < -0.39 is 16.1 Å². The fourth-order valence-electron chi connectivity index (χ4n) is 5.07. The van der Waals surface area contributed by atoms with E-state index in [9.17, 15) is 13.2 Å². The maximum absolute atomic E-state index is 12.5. The Bertz CT molecular complexity index is 1130. The van der Waals surface area contributed by atoms with Gasteiger partial charge in [0, 0.05) is 23.3 Å². The molecule has 1 aliphatic heterocycles. The van der Waals surface area contributed by atoms with Crippen molar-refractivity contribution in [2.45, 2.75) is 64.3 Å². The number of carbonyl (C=O) groups excluding carboxylic acids is 1. The van der Waals surface area contributed by atoms with E-state index in [0.29, 0.717) is 6.54 Å². The van der Waals surface area contributed by atoms with E-state index >= 15 is 0 Å². The molecule has 2 heterocycles. The Morgan fingerprint density at radius 1 is 1.13 bits per heavy atom. The highest BCUT2D eigenvalue weighted by molar-refractivity contribution is 7.87. The predicted octanol–water partition coefficient (Wildman–Crippen LogP) is 3.51. The number of nitrogens with zero attached hydrogens (tertiary/aromatic N) is 2. The molecule has 2 aromatic rings. The van der Waals surface area contributed by atoms with E-state index in [1.54, 1.807) is 0 Å².